The third kappa shape index (κ3) is 4.28. The predicted molar refractivity (Wildman–Crippen MR) is 70.7 cm³/mol. The lowest BCUT2D eigenvalue weighted by Crippen LogP contribution is -2.45. The fraction of sp³-hybridized carbons (Fsp3) is 0.923. The van der Waals surface area contributed by atoms with Gasteiger partial charge in [-0.2, -0.15) is 0 Å². The molecule has 1 aliphatic rings. The van der Waals surface area contributed by atoms with Gasteiger partial charge in [-0.05, 0) is 39.4 Å². The van der Waals surface area contributed by atoms with Crippen LogP contribution in [-0.2, 0) is 4.79 Å². The van der Waals surface area contributed by atoms with Gasteiger partial charge < -0.3 is 15.5 Å². The summed E-state index contributed by atoms with van der Waals surface area (Å²) in [5, 5.41) is 0. The van der Waals surface area contributed by atoms with Gasteiger partial charge in [-0.3, -0.25) is 4.79 Å². The van der Waals surface area contributed by atoms with Gasteiger partial charge in [0.15, 0.2) is 0 Å². The van der Waals surface area contributed by atoms with Crippen molar-refractivity contribution in [1.82, 2.24) is 9.80 Å². The molecule has 100 valence electrons. The van der Waals surface area contributed by atoms with Crippen LogP contribution in [0.2, 0.25) is 0 Å². The van der Waals surface area contributed by atoms with Crippen LogP contribution in [0.3, 0.4) is 0 Å². The summed E-state index contributed by atoms with van der Waals surface area (Å²) >= 11 is 0. The van der Waals surface area contributed by atoms with Crippen LogP contribution in [0.5, 0.6) is 0 Å². The molecule has 0 saturated carbocycles. The van der Waals surface area contributed by atoms with Crippen molar-refractivity contribution < 1.29 is 4.79 Å². The summed E-state index contributed by atoms with van der Waals surface area (Å²) in [6.45, 7) is 4.53. The van der Waals surface area contributed by atoms with E-state index >= 15 is 0 Å². The van der Waals surface area contributed by atoms with E-state index in [1.807, 2.05) is 4.90 Å². The highest BCUT2D eigenvalue weighted by Gasteiger charge is 2.24. The van der Waals surface area contributed by atoms with Crippen LogP contribution >= 0.6 is 0 Å². The molecule has 17 heavy (non-hydrogen) atoms. The van der Waals surface area contributed by atoms with Crippen LogP contribution in [0.25, 0.3) is 0 Å². The number of hydrogen-bond donors (Lipinski definition) is 1. The lowest BCUT2D eigenvalue weighted by Gasteiger charge is -2.35. The average Bonchev–Trinajstić information content (AvgIpc) is 2.35. The van der Waals surface area contributed by atoms with E-state index in [2.05, 4.69) is 25.9 Å². The van der Waals surface area contributed by atoms with E-state index in [-0.39, 0.29) is 0 Å². The Kier molecular flexibility index (Phi) is 5.92. The second-order valence-electron chi connectivity index (χ2n) is 5.29. The zero-order valence-electron chi connectivity index (χ0n) is 11.5. The van der Waals surface area contributed by atoms with Crippen molar-refractivity contribution in [3.05, 3.63) is 0 Å². The first-order chi connectivity index (χ1) is 8.08. The van der Waals surface area contributed by atoms with Gasteiger partial charge in [0.25, 0.3) is 0 Å². The van der Waals surface area contributed by atoms with Gasteiger partial charge in [-0.25, -0.2) is 0 Å². The first-order valence-electron chi connectivity index (χ1n) is 6.72. The van der Waals surface area contributed by atoms with Gasteiger partial charge in [-0.15, -0.1) is 0 Å². The summed E-state index contributed by atoms with van der Waals surface area (Å²) in [5.41, 5.74) is 5.65. The Bertz CT molecular complexity index is 231. The minimum absolute atomic E-state index is 0.291. The highest BCUT2D eigenvalue weighted by atomic mass is 16.2. The smallest absolute Gasteiger partial charge is 0.222 e. The molecular weight excluding hydrogens is 214 g/mol. The number of carbonyl (C=O) groups is 1. The first-order valence-corrected chi connectivity index (χ1v) is 6.72. The standard InChI is InChI=1S/C13H27N3O/c1-4-11(10-14)9-13(17)16-7-5-12(6-8-16)15(2)3/h11-12H,4-10,14H2,1-3H3. The Labute approximate surface area is 105 Å². The number of rotatable bonds is 5. The minimum atomic E-state index is 0.291. The van der Waals surface area contributed by atoms with Crippen molar-refractivity contribution in [2.75, 3.05) is 33.7 Å². The molecule has 0 radical (unpaired) electrons. The SMILES string of the molecule is CCC(CN)CC(=O)N1CCC(N(C)C)CC1. The molecule has 0 aromatic heterocycles. The Hall–Kier alpha value is -0.610. The summed E-state index contributed by atoms with van der Waals surface area (Å²) in [6, 6.07) is 0.635. The third-order valence-corrected chi connectivity index (χ3v) is 3.92. The molecule has 2 N–H and O–H groups in total. The summed E-state index contributed by atoms with van der Waals surface area (Å²) in [7, 11) is 4.23. The molecule has 1 heterocycles. The van der Waals surface area contributed by atoms with E-state index in [1.54, 1.807) is 0 Å². The van der Waals surface area contributed by atoms with E-state index in [4.69, 9.17) is 5.73 Å². The molecule has 0 bridgehead atoms. The number of likely N-dealkylation sites (tertiary alicyclic amines) is 1. The lowest BCUT2D eigenvalue weighted by molar-refractivity contribution is -0.133. The Balaban J connectivity index is 2.35. The molecule has 1 rings (SSSR count). The zero-order chi connectivity index (χ0) is 12.8. The Morgan fingerprint density at radius 3 is 2.41 bits per heavy atom. The van der Waals surface area contributed by atoms with Crippen molar-refractivity contribution in [3.8, 4) is 0 Å². The second kappa shape index (κ2) is 6.97. The second-order valence-corrected chi connectivity index (χ2v) is 5.29. The third-order valence-electron chi connectivity index (χ3n) is 3.92. The van der Waals surface area contributed by atoms with Gasteiger partial charge >= 0.3 is 0 Å². The fourth-order valence-corrected chi connectivity index (χ4v) is 2.40. The fourth-order valence-electron chi connectivity index (χ4n) is 2.40. The average molecular weight is 241 g/mol. The Morgan fingerprint density at radius 2 is 2.00 bits per heavy atom. The number of hydrogen-bond acceptors (Lipinski definition) is 3. The van der Waals surface area contributed by atoms with E-state index in [0.29, 0.717) is 30.8 Å². The van der Waals surface area contributed by atoms with Crippen molar-refractivity contribution >= 4 is 5.91 Å². The van der Waals surface area contributed by atoms with Gasteiger partial charge in [0.05, 0.1) is 0 Å². The number of amides is 1. The van der Waals surface area contributed by atoms with Gasteiger partial charge in [0.2, 0.25) is 5.91 Å². The van der Waals surface area contributed by atoms with Crippen molar-refractivity contribution in [2.24, 2.45) is 11.7 Å². The largest absolute Gasteiger partial charge is 0.343 e. The molecular formula is C13H27N3O. The molecule has 0 aromatic carbocycles. The van der Waals surface area contributed by atoms with Crippen LogP contribution in [0.1, 0.15) is 32.6 Å². The predicted octanol–water partition coefficient (Wildman–Crippen LogP) is 0.914. The maximum Gasteiger partial charge on any atom is 0.222 e. The van der Waals surface area contributed by atoms with E-state index in [0.717, 1.165) is 32.4 Å². The summed E-state index contributed by atoms with van der Waals surface area (Å²) < 4.78 is 0. The van der Waals surface area contributed by atoms with Crippen molar-refractivity contribution in [1.29, 1.82) is 0 Å². The van der Waals surface area contributed by atoms with E-state index in [9.17, 15) is 4.79 Å². The summed E-state index contributed by atoms with van der Waals surface area (Å²) in [6.07, 6.45) is 3.81. The van der Waals surface area contributed by atoms with E-state index < -0.39 is 0 Å². The normalized spacial score (nSPS) is 19.7. The molecule has 1 aliphatic heterocycles. The van der Waals surface area contributed by atoms with Crippen LogP contribution in [-0.4, -0.2) is 55.5 Å². The molecule has 0 aromatic rings. The van der Waals surface area contributed by atoms with E-state index in [1.165, 1.54) is 0 Å². The van der Waals surface area contributed by atoms with Gasteiger partial charge in [0, 0.05) is 25.6 Å². The Morgan fingerprint density at radius 1 is 1.41 bits per heavy atom. The van der Waals surface area contributed by atoms with Crippen LogP contribution in [0.15, 0.2) is 0 Å². The zero-order valence-corrected chi connectivity index (χ0v) is 11.5. The highest BCUT2D eigenvalue weighted by molar-refractivity contribution is 5.76. The molecule has 1 unspecified atom stereocenters. The van der Waals surface area contributed by atoms with Crippen molar-refractivity contribution in [3.63, 3.8) is 0 Å². The van der Waals surface area contributed by atoms with Crippen molar-refractivity contribution in [2.45, 2.75) is 38.6 Å². The number of carbonyl (C=O) groups excluding carboxylic acids is 1. The number of nitrogens with zero attached hydrogens (tertiary/aromatic N) is 2. The summed E-state index contributed by atoms with van der Waals surface area (Å²) in [4.78, 5) is 16.3. The molecule has 0 spiro atoms. The topological polar surface area (TPSA) is 49.6 Å². The van der Waals surface area contributed by atoms with Crippen LogP contribution < -0.4 is 5.73 Å². The first kappa shape index (κ1) is 14.5. The molecule has 1 amide bonds. The number of nitrogens with two attached hydrogens (primary N) is 1. The summed E-state index contributed by atoms with van der Waals surface area (Å²) in [5.74, 6) is 0.647. The molecule has 4 nitrogen and oxygen atoms in total. The molecule has 4 heteroatoms. The highest BCUT2D eigenvalue weighted by Crippen LogP contribution is 2.17. The lowest BCUT2D eigenvalue weighted by atomic mass is 9.99. The molecule has 1 fully saturated rings. The molecule has 0 aliphatic carbocycles. The van der Waals surface area contributed by atoms with Crippen LogP contribution in [0, 0.1) is 5.92 Å². The quantitative estimate of drug-likeness (QED) is 0.778. The minimum Gasteiger partial charge on any atom is -0.343 e. The van der Waals surface area contributed by atoms with Crippen LogP contribution in [0.4, 0.5) is 0 Å². The molecule has 1 atom stereocenters. The maximum absolute atomic E-state index is 12.1. The van der Waals surface area contributed by atoms with Gasteiger partial charge in [-0.1, -0.05) is 13.3 Å². The monoisotopic (exact) mass is 241 g/mol. The maximum atomic E-state index is 12.1. The van der Waals surface area contributed by atoms with Gasteiger partial charge in [0.1, 0.15) is 0 Å². The number of piperidine rings is 1. The molecule has 1 saturated heterocycles.